The Morgan fingerprint density at radius 2 is 1.63 bits per heavy atom. The monoisotopic (exact) mass is 270 g/mol. The normalized spacial score (nSPS) is 19.3. The maximum Gasteiger partial charge on any atom is 0.416 e. The van der Waals surface area contributed by atoms with Gasteiger partial charge in [0.1, 0.15) is 0 Å². The van der Waals surface area contributed by atoms with Crippen LogP contribution < -0.4 is 0 Å². The van der Waals surface area contributed by atoms with Gasteiger partial charge in [-0.1, -0.05) is 39.0 Å². The van der Waals surface area contributed by atoms with Crippen LogP contribution in [0.2, 0.25) is 0 Å². The van der Waals surface area contributed by atoms with Gasteiger partial charge in [-0.05, 0) is 48.4 Å². The summed E-state index contributed by atoms with van der Waals surface area (Å²) in [5.74, 6) is 0.688. The van der Waals surface area contributed by atoms with E-state index in [1.807, 2.05) is 13.8 Å². The van der Waals surface area contributed by atoms with Gasteiger partial charge in [-0.25, -0.2) is 0 Å². The van der Waals surface area contributed by atoms with E-state index in [1.165, 1.54) is 5.57 Å². The highest BCUT2D eigenvalue weighted by molar-refractivity contribution is 5.66. The zero-order valence-corrected chi connectivity index (χ0v) is 11.7. The van der Waals surface area contributed by atoms with Crippen LogP contribution >= 0.6 is 0 Å². The Kier molecular flexibility index (Phi) is 5.64. The van der Waals surface area contributed by atoms with Crippen LogP contribution in [0.4, 0.5) is 13.2 Å². The smallest absolute Gasteiger partial charge is 0.166 e. The molecule has 106 valence electrons. The number of allylic oxidation sites excluding steroid dienone is 2. The molecule has 1 atom stereocenters. The summed E-state index contributed by atoms with van der Waals surface area (Å²) in [7, 11) is 0. The van der Waals surface area contributed by atoms with Crippen molar-refractivity contribution in [1.82, 2.24) is 0 Å². The molecule has 0 fully saturated rings. The van der Waals surface area contributed by atoms with Crippen LogP contribution in [0.25, 0.3) is 5.57 Å². The number of halogens is 3. The van der Waals surface area contributed by atoms with E-state index in [4.69, 9.17) is 0 Å². The topological polar surface area (TPSA) is 0 Å². The predicted octanol–water partition coefficient (Wildman–Crippen LogP) is 5.94. The molecule has 0 heterocycles. The lowest BCUT2D eigenvalue weighted by molar-refractivity contribution is -0.137. The average Bonchev–Trinajstić information content (AvgIpc) is 2.41. The fourth-order valence-electron chi connectivity index (χ4n) is 2.10. The number of hydrogen-bond donors (Lipinski definition) is 0. The van der Waals surface area contributed by atoms with Gasteiger partial charge in [0.15, 0.2) is 0 Å². The van der Waals surface area contributed by atoms with Gasteiger partial charge in [0, 0.05) is 0 Å². The standard InChI is InChI=1S/C14H15F3.C2H6/c1-10-2-4-11(5-3-10)12-6-8-13(9-7-12)14(15,16)17;1-2/h4,6-10H,2-3,5H2,1H3;1-2H3. The Morgan fingerprint density at radius 1 is 1.05 bits per heavy atom. The van der Waals surface area contributed by atoms with Crippen LogP contribution in [0, 0.1) is 5.92 Å². The Balaban J connectivity index is 0.000000861. The van der Waals surface area contributed by atoms with Gasteiger partial charge in [-0.3, -0.25) is 0 Å². The quantitative estimate of drug-likeness (QED) is 0.593. The van der Waals surface area contributed by atoms with Gasteiger partial charge in [0.05, 0.1) is 5.56 Å². The molecular weight excluding hydrogens is 249 g/mol. The van der Waals surface area contributed by atoms with Gasteiger partial charge < -0.3 is 0 Å². The van der Waals surface area contributed by atoms with E-state index in [1.54, 1.807) is 12.1 Å². The van der Waals surface area contributed by atoms with Crippen molar-refractivity contribution in [1.29, 1.82) is 0 Å². The molecular formula is C16H21F3. The fraction of sp³-hybridized carbons (Fsp3) is 0.500. The molecule has 0 nitrogen and oxygen atoms in total. The van der Waals surface area contributed by atoms with E-state index in [0.29, 0.717) is 5.92 Å². The summed E-state index contributed by atoms with van der Waals surface area (Å²) in [6.07, 6.45) is 1.01. The maximum atomic E-state index is 12.4. The van der Waals surface area contributed by atoms with E-state index in [9.17, 15) is 13.2 Å². The maximum absolute atomic E-state index is 12.4. The minimum atomic E-state index is -4.24. The second-order valence-corrected chi connectivity index (χ2v) is 4.68. The van der Waals surface area contributed by atoms with E-state index < -0.39 is 11.7 Å². The van der Waals surface area contributed by atoms with Crippen LogP contribution in [-0.4, -0.2) is 0 Å². The highest BCUT2D eigenvalue weighted by atomic mass is 19.4. The van der Waals surface area contributed by atoms with Crippen LogP contribution in [0.5, 0.6) is 0 Å². The van der Waals surface area contributed by atoms with E-state index in [-0.39, 0.29) is 0 Å². The first kappa shape index (κ1) is 15.8. The minimum absolute atomic E-state index is 0.578. The summed E-state index contributed by atoms with van der Waals surface area (Å²) in [5, 5.41) is 0. The lowest BCUT2D eigenvalue weighted by Gasteiger charge is -2.18. The van der Waals surface area contributed by atoms with Gasteiger partial charge >= 0.3 is 6.18 Å². The van der Waals surface area contributed by atoms with Crippen molar-refractivity contribution in [2.45, 2.75) is 46.2 Å². The molecule has 0 N–H and O–H groups in total. The largest absolute Gasteiger partial charge is 0.416 e. The molecule has 0 saturated heterocycles. The third kappa shape index (κ3) is 4.41. The molecule has 1 aliphatic rings. The summed E-state index contributed by atoms with van der Waals surface area (Å²) in [5.41, 5.74) is 1.52. The number of alkyl halides is 3. The molecule has 0 spiro atoms. The molecule has 0 aromatic heterocycles. The Hall–Kier alpha value is -1.25. The molecule has 0 saturated carbocycles. The van der Waals surface area contributed by atoms with Crippen molar-refractivity contribution in [2.24, 2.45) is 5.92 Å². The second kappa shape index (κ2) is 6.78. The van der Waals surface area contributed by atoms with Gasteiger partial charge in [-0.2, -0.15) is 13.2 Å². The number of benzene rings is 1. The molecule has 3 heteroatoms. The lowest BCUT2D eigenvalue weighted by atomic mass is 9.87. The van der Waals surface area contributed by atoms with Crippen molar-refractivity contribution in [3.8, 4) is 0 Å². The highest BCUT2D eigenvalue weighted by Crippen LogP contribution is 2.33. The Labute approximate surface area is 113 Å². The molecule has 0 amide bonds. The van der Waals surface area contributed by atoms with Crippen molar-refractivity contribution < 1.29 is 13.2 Å². The third-order valence-electron chi connectivity index (χ3n) is 3.26. The third-order valence-corrected chi connectivity index (χ3v) is 3.26. The van der Waals surface area contributed by atoms with Crippen LogP contribution in [-0.2, 0) is 6.18 Å². The first-order chi connectivity index (χ1) is 8.97. The summed E-state index contributed by atoms with van der Waals surface area (Å²) < 4.78 is 37.2. The average molecular weight is 270 g/mol. The summed E-state index contributed by atoms with van der Waals surface area (Å²) >= 11 is 0. The zero-order valence-electron chi connectivity index (χ0n) is 11.7. The van der Waals surface area contributed by atoms with E-state index in [0.717, 1.165) is 37.0 Å². The number of rotatable bonds is 1. The summed E-state index contributed by atoms with van der Waals surface area (Å²) in [4.78, 5) is 0. The van der Waals surface area contributed by atoms with E-state index >= 15 is 0 Å². The number of hydrogen-bond acceptors (Lipinski definition) is 0. The van der Waals surface area contributed by atoms with Crippen LogP contribution in [0.1, 0.15) is 51.2 Å². The predicted molar refractivity (Wildman–Crippen MR) is 73.8 cm³/mol. The Bertz CT molecular complexity index is 413. The molecule has 0 aliphatic heterocycles. The molecule has 1 aromatic carbocycles. The van der Waals surface area contributed by atoms with Crippen molar-refractivity contribution in [3.05, 3.63) is 41.5 Å². The molecule has 1 unspecified atom stereocenters. The van der Waals surface area contributed by atoms with Crippen LogP contribution in [0.3, 0.4) is 0 Å². The lowest BCUT2D eigenvalue weighted by Crippen LogP contribution is -2.05. The summed E-state index contributed by atoms with van der Waals surface area (Å²) in [6.45, 7) is 6.19. The molecule has 1 aliphatic carbocycles. The summed E-state index contributed by atoms with van der Waals surface area (Å²) in [6, 6.07) is 5.47. The second-order valence-electron chi connectivity index (χ2n) is 4.68. The van der Waals surface area contributed by atoms with Gasteiger partial charge in [0.2, 0.25) is 0 Å². The first-order valence-electron chi connectivity index (χ1n) is 6.83. The van der Waals surface area contributed by atoms with Gasteiger partial charge in [0.25, 0.3) is 0 Å². The molecule has 1 aromatic rings. The molecule has 0 bridgehead atoms. The zero-order chi connectivity index (χ0) is 14.5. The molecule has 0 radical (unpaired) electrons. The highest BCUT2D eigenvalue weighted by Gasteiger charge is 2.30. The first-order valence-corrected chi connectivity index (χ1v) is 6.83. The van der Waals surface area contributed by atoms with Gasteiger partial charge in [-0.15, -0.1) is 0 Å². The molecule has 19 heavy (non-hydrogen) atoms. The van der Waals surface area contributed by atoms with Crippen molar-refractivity contribution >= 4 is 5.57 Å². The van der Waals surface area contributed by atoms with E-state index in [2.05, 4.69) is 13.0 Å². The van der Waals surface area contributed by atoms with Crippen LogP contribution in [0.15, 0.2) is 30.3 Å². The minimum Gasteiger partial charge on any atom is -0.166 e. The Morgan fingerprint density at radius 3 is 2.05 bits per heavy atom. The van der Waals surface area contributed by atoms with Crippen molar-refractivity contribution in [2.75, 3.05) is 0 Å². The van der Waals surface area contributed by atoms with Crippen molar-refractivity contribution in [3.63, 3.8) is 0 Å². The fourth-order valence-corrected chi connectivity index (χ4v) is 2.10. The SMILES string of the molecule is CC.CC1CC=C(c2ccc(C(F)(F)F)cc2)CC1. The molecule has 2 rings (SSSR count).